The zero-order valence-corrected chi connectivity index (χ0v) is 9.92. The van der Waals surface area contributed by atoms with E-state index in [4.69, 9.17) is 0 Å². The standard InChI is InChI=1S/C13H18N2O/c1-10-4-5-12(11(2)8-10)15-7-3-6-14-13(16)9-15/h4-5,8H,3,6-7,9H2,1-2H3,(H,14,16). The molecule has 0 bridgehead atoms. The number of rotatable bonds is 1. The summed E-state index contributed by atoms with van der Waals surface area (Å²) in [5.41, 5.74) is 3.69. The molecule has 1 heterocycles. The number of hydrogen-bond donors (Lipinski definition) is 1. The van der Waals surface area contributed by atoms with E-state index in [1.807, 2.05) is 0 Å². The topological polar surface area (TPSA) is 32.3 Å². The lowest BCUT2D eigenvalue weighted by Crippen LogP contribution is -2.33. The summed E-state index contributed by atoms with van der Waals surface area (Å²) >= 11 is 0. The molecular weight excluding hydrogens is 200 g/mol. The van der Waals surface area contributed by atoms with E-state index >= 15 is 0 Å². The summed E-state index contributed by atoms with van der Waals surface area (Å²) in [6, 6.07) is 6.38. The van der Waals surface area contributed by atoms with Crippen molar-refractivity contribution in [2.24, 2.45) is 0 Å². The molecule has 16 heavy (non-hydrogen) atoms. The van der Waals surface area contributed by atoms with E-state index in [9.17, 15) is 4.79 Å². The molecule has 3 nitrogen and oxygen atoms in total. The lowest BCUT2D eigenvalue weighted by Gasteiger charge is -2.23. The first-order valence-electron chi connectivity index (χ1n) is 5.76. The van der Waals surface area contributed by atoms with Gasteiger partial charge in [0.25, 0.3) is 0 Å². The van der Waals surface area contributed by atoms with Gasteiger partial charge in [-0.15, -0.1) is 0 Å². The minimum atomic E-state index is 0.123. The van der Waals surface area contributed by atoms with Crippen LogP contribution < -0.4 is 10.2 Å². The number of aryl methyl sites for hydroxylation is 2. The van der Waals surface area contributed by atoms with Crippen LogP contribution in [0.25, 0.3) is 0 Å². The number of carbonyl (C=O) groups excluding carboxylic acids is 1. The van der Waals surface area contributed by atoms with Crippen LogP contribution in [-0.4, -0.2) is 25.5 Å². The fraction of sp³-hybridized carbons (Fsp3) is 0.462. The summed E-state index contributed by atoms with van der Waals surface area (Å²) < 4.78 is 0. The number of hydrogen-bond acceptors (Lipinski definition) is 2. The lowest BCUT2D eigenvalue weighted by atomic mass is 10.1. The minimum absolute atomic E-state index is 0.123. The summed E-state index contributed by atoms with van der Waals surface area (Å²) in [6.07, 6.45) is 1.01. The first-order valence-corrected chi connectivity index (χ1v) is 5.76. The molecule has 1 N–H and O–H groups in total. The number of nitrogens with one attached hydrogen (secondary N) is 1. The van der Waals surface area contributed by atoms with Gasteiger partial charge in [0, 0.05) is 18.8 Å². The molecule has 1 fully saturated rings. The van der Waals surface area contributed by atoms with Gasteiger partial charge in [0.2, 0.25) is 5.91 Å². The highest BCUT2D eigenvalue weighted by atomic mass is 16.2. The molecule has 1 saturated heterocycles. The van der Waals surface area contributed by atoms with E-state index in [2.05, 4.69) is 42.3 Å². The normalized spacial score (nSPS) is 16.9. The largest absolute Gasteiger partial charge is 0.362 e. The maximum Gasteiger partial charge on any atom is 0.239 e. The van der Waals surface area contributed by atoms with Crippen molar-refractivity contribution in [3.05, 3.63) is 29.3 Å². The van der Waals surface area contributed by atoms with E-state index in [1.165, 1.54) is 16.8 Å². The molecule has 0 saturated carbocycles. The van der Waals surface area contributed by atoms with Gasteiger partial charge in [0.15, 0.2) is 0 Å². The van der Waals surface area contributed by atoms with Crippen LogP contribution in [0.5, 0.6) is 0 Å². The molecule has 1 aromatic rings. The molecule has 0 radical (unpaired) electrons. The number of anilines is 1. The van der Waals surface area contributed by atoms with Gasteiger partial charge in [0.1, 0.15) is 0 Å². The molecule has 0 atom stereocenters. The number of amides is 1. The second-order valence-corrected chi connectivity index (χ2v) is 4.42. The van der Waals surface area contributed by atoms with Gasteiger partial charge < -0.3 is 10.2 Å². The van der Waals surface area contributed by atoms with Gasteiger partial charge in [-0.05, 0) is 31.9 Å². The van der Waals surface area contributed by atoms with Crippen LogP contribution in [0.4, 0.5) is 5.69 Å². The summed E-state index contributed by atoms with van der Waals surface area (Å²) in [5.74, 6) is 0.123. The van der Waals surface area contributed by atoms with Crippen molar-refractivity contribution in [1.29, 1.82) is 0 Å². The predicted molar refractivity (Wildman–Crippen MR) is 65.8 cm³/mol. The molecule has 3 heteroatoms. The van der Waals surface area contributed by atoms with Crippen molar-refractivity contribution >= 4 is 11.6 Å². The Hall–Kier alpha value is -1.51. The lowest BCUT2D eigenvalue weighted by molar-refractivity contribution is -0.119. The fourth-order valence-corrected chi connectivity index (χ4v) is 2.17. The van der Waals surface area contributed by atoms with Crippen molar-refractivity contribution in [3.63, 3.8) is 0 Å². The third-order valence-electron chi connectivity index (χ3n) is 2.95. The van der Waals surface area contributed by atoms with Gasteiger partial charge >= 0.3 is 0 Å². The zero-order valence-electron chi connectivity index (χ0n) is 9.92. The Kier molecular flexibility index (Phi) is 3.13. The van der Waals surface area contributed by atoms with Crippen LogP contribution in [-0.2, 0) is 4.79 Å². The van der Waals surface area contributed by atoms with Crippen LogP contribution in [0.3, 0.4) is 0 Å². The van der Waals surface area contributed by atoms with Crippen LogP contribution in [0.1, 0.15) is 17.5 Å². The highest BCUT2D eigenvalue weighted by Gasteiger charge is 2.16. The van der Waals surface area contributed by atoms with E-state index < -0.39 is 0 Å². The maximum absolute atomic E-state index is 11.5. The van der Waals surface area contributed by atoms with Crippen molar-refractivity contribution in [3.8, 4) is 0 Å². The van der Waals surface area contributed by atoms with Crippen LogP contribution in [0.2, 0.25) is 0 Å². The van der Waals surface area contributed by atoms with Crippen molar-refractivity contribution in [1.82, 2.24) is 5.32 Å². The summed E-state index contributed by atoms with van der Waals surface area (Å²) in [5, 5.41) is 2.89. The molecule has 1 aromatic carbocycles. The summed E-state index contributed by atoms with van der Waals surface area (Å²) in [4.78, 5) is 13.7. The Morgan fingerprint density at radius 1 is 1.31 bits per heavy atom. The molecule has 0 unspecified atom stereocenters. The maximum atomic E-state index is 11.5. The van der Waals surface area contributed by atoms with Gasteiger partial charge in [-0.2, -0.15) is 0 Å². The van der Waals surface area contributed by atoms with Crippen LogP contribution in [0, 0.1) is 13.8 Å². The molecule has 2 rings (SSSR count). The van der Waals surface area contributed by atoms with Crippen molar-refractivity contribution < 1.29 is 4.79 Å². The Morgan fingerprint density at radius 3 is 2.88 bits per heavy atom. The van der Waals surface area contributed by atoms with Gasteiger partial charge in [-0.1, -0.05) is 17.7 Å². The Balaban J connectivity index is 2.24. The van der Waals surface area contributed by atoms with E-state index in [1.54, 1.807) is 0 Å². The summed E-state index contributed by atoms with van der Waals surface area (Å²) in [6.45, 7) is 6.41. The molecule has 0 aliphatic carbocycles. The average Bonchev–Trinajstić information content (AvgIpc) is 2.43. The second-order valence-electron chi connectivity index (χ2n) is 4.42. The van der Waals surface area contributed by atoms with Gasteiger partial charge in [-0.25, -0.2) is 0 Å². The minimum Gasteiger partial charge on any atom is -0.362 e. The quantitative estimate of drug-likeness (QED) is 0.777. The molecular formula is C13H18N2O. The third-order valence-corrected chi connectivity index (χ3v) is 2.95. The number of carbonyl (C=O) groups is 1. The first-order chi connectivity index (χ1) is 7.66. The first kappa shape index (κ1) is 11.0. The third kappa shape index (κ3) is 2.35. The number of benzene rings is 1. The highest BCUT2D eigenvalue weighted by molar-refractivity contribution is 5.82. The summed E-state index contributed by atoms with van der Waals surface area (Å²) in [7, 11) is 0. The number of nitrogens with zero attached hydrogens (tertiary/aromatic N) is 1. The predicted octanol–water partition coefficient (Wildman–Crippen LogP) is 1.63. The van der Waals surface area contributed by atoms with Crippen molar-refractivity contribution in [2.75, 3.05) is 24.5 Å². The molecule has 0 spiro atoms. The Labute approximate surface area is 96.5 Å². The van der Waals surface area contributed by atoms with Crippen LogP contribution in [0.15, 0.2) is 18.2 Å². The second kappa shape index (κ2) is 4.56. The SMILES string of the molecule is Cc1ccc(N2CCCNC(=O)C2)c(C)c1. The molecule has 0 aromatic heterocycles. The zero-order chi connectivity index (χ0) is 11.5. The van der Waals surface area contributed by atoms with E-state index in [0.717, 1.165) is 19.5 Å². The van der Waals surface area contributed by atoms with Crippen molar-refractivity contribution in [2.45, 2.75) is 20.3 Å². The smallest absolute Gasteiger partial charge is 0.239 e. The monoisotopic (exact) mass is 218 g/mol. The Morgan fingerprint density at radius 2 is 2.12 bits per heavy atom. The average molecular weight is 218 g/mol. The molecule has 86 valence electrons. The van der Waals surface area contributed by atoms with E-state index in [0.29, 0.717) is 6.54 Å². The fourth-order valence-electron chi connectivity index (χ4n) is 2.17. The molecule has 1 aliphatic rings. The van der Waals surface area contributed by atoms with Gasteiger partial charge in [-0.3, -0.25) is 4.79 Å². The van der Waals surface area contributed by atoms with Gasteiger partial charge in [0.05, 0.1) is 6.54 Å². The van der Waals surface area contributed by atoms with E-state index in [-0.39, 0.29) is 5.91 Å². The molecule has 1 amide bonds. The molecule has 1 aliphatic heterocycles. The highest BCUT2D eigenvalue weighted by Crippen LogP contribution is 2.21. The Bertz CT molecular complexity index is 401. The van der Waals surface area contributed by atoms with Crippen LogP contribution >= 0.6 is 0 Å².